The van der Waals surface area contributed by atoms with Crippen LogP contribution in [0, 0.1) is 92.7 Å². The fraction of sp³-hybridized carbons (Fsp3) is 0.833. The average Bonchev–Trinajstić information content (AvgIpc) is 1.64. The number of hydrogen-bond donors (Lipinski definition) is 1. The minimum Gasteiger partial charge on any atom is -0.469 e. The van der Waals surface area contributed by atoms with Gasteiger partial charge < -0.3 is 38.5 Å². The summed E-state index contributed by atoms with van der Waals surface area (Å²) < 4.78 is 32.2. The Bertz CT molecular complexity index is 2300. The van der Waals surface area contributed by atoms with Crippen molar-refractivity contribution in [3.8, 4) is 0 Å². The molecule has 0 aromatic heterocycles. The average molecular weight is 1370 g/mol. The zero-order chi connectivity index (χ0) is 71.4. The maximum atomic E-state index is 11.4. The monoisotopic (exact) mass is 1370 g/mol. The van der Waals surface area contributed by atoms with E-state index in [0.717, 1.165) is 25.7 Å². The number of fused-ring (bicyclic) bond motifs is 15. The molecule has 0 spiro atoms. The van der Waals surface area contributed by atoms with Crippen LogP contribution in [0.5, 0.6) is 0 Å². The highest BCUT2D eigenvalue weighted by Crippen LogP contribution is 2.60. The summed E-state index contributed by atoms with van der Waals surface area (Å²) in [6, 6.07) is 0. The van der Waals surface area contributed by atoms with E-state index in [1.165, 1.54) is 112 Å². The summed E-state index contributed by atoms with van der Waals surface area (Å²) in [6.45, 7) is 33.5. The lowest BCUT2D eigenvalue weighted by Crippen LogP contribution is -2.31. The van der Waals surface area contributed by atoms with Crippen LogP contribution < -0.4 is 5.32 Å². The van der Waals surface area contributed by atoms with Gasteiger partial charge >= 0.3 is 41.9 Å². The molecule has 19 nitrogen and oxygen atoms in total. The number of esters is 6. The molecule has 12 atom stereocenters. The van der Waals surface area contributed by atoms with Crippen molar-refractivity contribution in [2.24, 2.45) is 103 Å². The molecule has 12 unspecified atom stereocenters. The number of isocyanates is 2. The number of carbonyl (C=O) groups is 7. The minimum atomic E-state index is -0.527. The number of nitrogens with one attached hydrogen (secondary N) is 1. The largest absolute Gasteiger partial charge is 0.469 e. The Balaban J connectivity index is -0.00000103. The van der Waals surface area contributed by atoms with E-state index >= 15 is 0 Å². The van der Waals surface area contributed by atoms with Crippen LogP contribution >= 0.6 is 0 Å². The Kier molecular flexibility index (Phi) is 48.2. The molecule has 0 aliphatic heterocycles. The van der Waals surface area contributed by atoms with Crippen molar-refractivity contribution >= 4 is 54.1 Å². The minimum absolute atomic E-state index is 0. The lowest BCUT2D eigenvalue weighted by Gasteiger charge is -2.23. The predicted molar refractivity (Wildman–Crippen MR) is 386 cm³/mol. The Hall–Kier alpha value is -5.67. The van der Waals surface area contributed by atoms with Crippen molar-refractivity contribution in [3.63, 3.8) is 0 Å². The molecule has 1 amide bonds. The Morgan fingerprint density at radius 3 is 0.887 bits per heavy atom. The van der Waals surface area contributed by atoms with Crippen LogP contribution in [0.4, 0.5) is 4.79 Å². The van der Waals surface area contributed by atoms with Crippen molar-refractivity contribution in [3.05, 3.63) is 24.3 Å². The topological polar surface area (TPSA) is 255 Å². The third-order valence-electron chi connectivity index (χ3n) is 21.8. The number of rotatable bonds is 19. The molecule has 9 aliphatic rings. The molecule has 0 aromatic rings. The quantitative estimate of drug-likeness (QED) is 0.0315. The third-order valence-corrected chi connectivity index (χ3v) is 21.8. The zero-order valence-corrected chi connectivity index (χ0v) is 61.6. The fourth-order valence-electron chi connectivity index (χ4n) is 14.7. The maximum Gasteiger partial charge on any atom is 0.406 e. The van der Waals surface area contributed by atoms with Gasteiger partial charge in [0, 0.05) is 11.1 Å². The van der Waals surface area contributed by atoms with Crippen LogP contribution in [-0.2, 0) is 71.5 Å². The van der Waals surface area contributed by atoms with Crippen LogP contribution in [0.25, 0.3) is 0 Å². The van der Waals surface area contributed by atoms with Gasteiger partial charge in [0.25, 0.3) is 0 Å². The molecule has 1 N–H and O–H groups in total. The summed E-state index contributed by atoms with van der Waals surface area (Å²) in [5, 5.41) is 2.42. The first kappa shape index (κ1) is 95.5. The van der Waals surface area contributed by atoms with Gasteiger partial charge in [-0.2, -0.15) is 0 Å². The SMILES string of the molecule is C.C.C.C1CC2C3CCC(C3)C2C1.C1CC2C3CCC(C3)C2C1.C1CC2C3CCC(C3)C2C1.C=C(C)C(=O)OC.C=C(C)C(=O)OCCN=C=O.CCC(C)(C)C(=O)OC.CCC(C)(C)C(=O)OC.CCC(C)(C)C(=O)OCCN=C=O.CCC(C)(C)C(=O)OCCNC(=O)OC. The van der Waals surface area contributed by atoms with Crippen LogP contribution in [0.1, 0.15) is 260 Å². The van der Waals surface area contributed by atoms with E-state index in [0.29, 0.717) is 11.1 Å². The number of methoxy groups -OCH3 is 4. The van der Waals surface area contributed by atoms with E-state index in [1.807, 2.05) is 83.1 Å². The van der Waals surface area contributed by atoms with Crippen molar-refractivity contribution in [2.45, 2.75) is 260 Å². The Morgan fingerprint density at radius 2 is 0.670 bits per heavy atom. The van der Waals surface area contributed by atoms with Crippen LogP contribution in [0.15, 0.2) is 34.3 Å². The number of nitrogens with zero attached hydrogens (tertiary/aromatic N) is 2. The summed E-state index contributed by atoms with van der Waals surface area (Å²) >= 11 is 0. The smallest absolute Gasteiger partial charge is 0.406 e. The third kappa shape index (κ3) is 32.9. The van der Waals surface area contributed by atoms with Crippen LogP contribution in [0.3, 0.4) is 0 Å². The highest BCUT2D eigenvalue weighted by atomic mass is 16.6. The van der Waals surface area contributed by atoms with Gasteiger partial charge in [-0.05, 0) is 262 Å². The number of aliphatic imine (C=N–C) groups is 2. The van der Waals surface area contributed by atoms with Gasteiger partial charge in [0.2, 0.25) is 12.2 Å². The van der Waals surface area contributed by atoms with Crippen molar-refractivity contribution < 1.29 is 76.3 Å². The number of ether oxygens (including phenoxy) is 7. The van der Waals surface area contributed by atoms with Crippen LogP contribution in [-0.4, -0.2) is 122 Å². The molecule has 9 saturated carbocycles. The summed E-state index contributed by atoms with van der Waals surface area (Å²) in [5.74, 6) is 12.8. The van der Waals surface area contributed by atoms with Gasteiger partial charge in [-0.15, -0.1) is 0 Å². The molecule has 0 radical (unpaired) electrons. The molecule has 0 heterocycles. The summed E-state index contributed by atoms with van der Waals surface area (Å²) in [7, 11) is 5.44. The predicted octanol–water partition coefficient (Wildman–Crippen LogP) is 17.4. The zero-order valence-electron chi connectivity index (χ0n) is 61.6. The van der Waals surface area contributed by atoms with E-state index in [4.69, 9.17) is 9.47 Å². The molecule has 0 aromatic carbocycles. The lowest BCUT2D eigenvalue weighted by molar-refractivity contribution is -0.154. The van der Waals surface area contributed by atoms with Gasteiger partial charge in [0.15, 0.2) is 0 Å². The molecular weight excluding hydrogens is 1230 g/mol. The highest BCUT2D eigenvalue weighted by Gasteiger charge is 2.51. The van der Waals surface area contributed by atoms with Crippen molar-refractivity contribution in [1.29, 1.82) is 0 Å². The van der Waals surface area contributed by atoms with Gasteiger partial charge in [0.05, 0.1) is 69.7 Å². The van der Waals surface area contributed by atoms with Gasteiger partial charge in [-0.25, -0.2) is 34.0 Å². The number of alkyl carbamates (subject to hydrolysis) is 1. The number of amides is 1. The Morgan fingerprint density at radius 1 is 0.402 bits per heavy atom. The van der Waals surface area contributed by atoms with E-state index in [-0.39, 0.29) is 102 Å². The first-order chi connectivity index (χ1) is 44.3. The molecular formula is C78H139N3O16. The van der Waals surface area contributed by atoms with Gasteiger partial charge in [-0.1, -0.05) is 82.4 Å². The normalized spacial score (nSPS) is 24.4. The summed E-state index contributed by atoms with van der Waals surface area (Å²) in [4.78, 5) is 102. The molecule has 9 fully saturated rings. The van der Waals surface area contributed by atoms with Gasteiger partial charge in [0.1, 0.15) is 19.8 Å². The second kappa shape index (κ2) is 49.0. The molecule has 97 heavy (non-hydrogen) atoms. The number of hydrogen-bond acceptors (Lipinski definition) is 18. The van der Waals surface area contributed by atoms with E-state index in [9.17, 15) is 43.2 Å². The van der Waals surface area contributed by atoms with Crippen molar-refractivity contribution in [1.82, 2.24) is 5.32 Å². The number of carbonyl (C=O) groups excluding carboxylic acids is 9. The van der Waals surface area contributed by atoms with Gasteiger partial charge in [-0.3, -0.25) is 19.2 Å². The van der Waals surface area contributed by atoms with E-state index in [1.54, 1.807) is 129 Å². The molecule has 9 rings (SSSR count). The van der Waals surface area contributed by atoms with E-state index in [2.05, 4.69) is 52.1 Å². The van der Waals surface area contributed by atoms with Crippen LogP contribution in [0.2, 0.25) is 0 Å². The first-order valence-electron chi connectivity index (χ1n) is 35.2. The molecule has 19 heteroatoms. The molecule has 0 saturated heterocycles. The highest BCUT2D eigenvalue weighted by molar-refractivity contribution is 5.87. The van der Waals surface area contributed by atoms with Crippen molar-refractivity contribution in [2.75, 3.05) is 67.9 Å². The second-order valence-corrected chi connectivity index (χ2v) is 29.5. The van der Waals surface area contributed by atoms with E-state index < -0.39 is 22.9 Å². The Labute approximate surface area is 588 Å². The standard InChI is InChI=1S/C10H19NO4.3C10H16.C9H15NO3.C7H9NO3.2C7H14O2.C5H8O2.3CH4/c1-5-10(2,3)8(12)15-7-6-11-9(13)14-4;3*1-2-9-7-4-5-8(6-7)10(9)3-1;1-4-9(2,3)8(12)13-6-5-10-7-11;1-6(2)7(10)11-4-3-8-5-9;2*1-5-7(2,3)6(8)9-4;1-4(2)5(6)7-3;;;/h5-7H2,1-4H3,(H,11,13);3*7-10H,1-6H2;4-6H2,1-3H3;1,3-4H2,2H3;2*5H2,1-4H3;1H2,2-3H3;3*1H4. The lowest BCUT2D eigenvalue weighted by atomic mass is 9.82. The maximum absolute atomic E-state index is 11.4. The molecule has 6 bridgehead atoms. The molecule has 562 valence electrons. The summed E-state index contributed by atoms with van der Waals surface area (Å²) in [6.07, 6.45) is 33.9. The second-order valence-electron chi connectivity index (χ2n) is 29.5. The molecule has 9 aliphatic carbocycles. The summed E-state index contributed by atoms with van der Waals surface area (Å²) in [5.41, 5.74) is -0.776. The first-order valence-corrected chi connectivity index (χ1v) is 35.2. The fourth-order valence-corrected chi connectivity index (χ4v) is 14.7.